The molecule has 4 heteroatoms. The van der Waals surface area contributed by atoms with Crippen molar-refractivity contribution in [2.24, 2.45) is 0 Å². The first-order valence-electron chi connectivity index (χ1n) is 12.9. The quantitative estimate of drug-likeness (QED) is 0.131. The molecule has 0 amide bonds. The molecule has 0 aliphatic carbocycles. The van der Waals surface area contributed by atoms with Gasteiger partial charge < -0.3 is 9.47 Å². The van der Waals surface area contributed by atoms with Gasteiger partial charge in [0.05, 0.1) is 13.2 Å². The minimum atomic E-state index is -0.549. The highest BCUT2D eigenvalue weighted by atomic mass is 35.5. The van der Waals surface area contributed by atoms with Crippen LogP contribution in [-0.2, 0) is 0 Å². The average molecular weight is 474 g/mol. The summed E-state index contributed by atoms with van der Waals surface area (Å²) < 4.78 is 12.1. The van der Waals surface area contributed by atoms with Gasteiger partial charge in [-0.15, -0.1) is 23.2 Å². The summed E-state index contributed by atoms with van der Waals surface area (Å²) >= 11 is 12.1. The summed E-state index contributed by atoms with van der Waals surface area (Å²) in [6.45, 7) is 5.96. The van der Waals surface area contributed by atoms with Crippen LogP contribution in [0.1, 0.15) is 127 Å². The monoisotopic (exact) mass is 472 g/mol. The maximum Gasteiger partial charge on any atom is 0.161 e. The third-order valence-corrected chi connectivity index (χ3v) is 6.23. The zero-order valence-corrected chi connectivity index (χ0v) is 21.6. The molecular formula is C27H46Cl2O2. The first kappa shape index (κ1) is 28.4. The van der Waals surface area contributed by atoms with Crippen molar-refractivity contribution < 1.29 is 9.47 Å². The molecule has 0 heterocycles. The summed E-state index contributed by atoms with van der Waals surface area (Å²) in [4.78, 5) is -0.549. The number of rotatable bonds is 21. The van der Waals surface area contributed by atoms with Crippen LogP contribution in [0.25, 0.3) is 0 Å². The number of hydrogen-bond acceptors (Lipinski definition) is 2. The second-order valence-electron chi connectivity index (χ2n) is 8.65. The second kappa shape index (κ2) is 20.0. The van der Waals surface area contributed by atoms with E-state index < -0.39 is 4.84 Å². The van der Waals surface area contributed by atoms with Crippen molar-refractivity contribution in [3.8, 4) is 11.5 Å². The van der Waals surface area contributed by atoms with Gasteiger partial charge in [0.1, 0.15) is 4.84 Å². The molecule has 0 radical (unpaired) electrons. The Labute approximate surface area is 202 Å². The van der Waals surface area contributed by atoms with Gasteiger partial charge in [-0.3, -0.25) is 0 Å². The Morgan fingerprint density at radius 1 is 0.581 bits per heavy atom. The normalized spacial score (nSPS) is 11.3. The van der Waals surface area contributed by atoms with Gasteiger partial charge in [-0.2, -0.15) is 0 Å². The van der Waals surface area contributed by atoms with Crippen LogP contribution in [0.2, 0.25) is 0 Å². The Morgan fingerprint density at radius 3 is 1.45 bits per heavy atom. The summed E-state index contributed by atoms with van der Waals surface area (Å²) in [6.07, 6.45) is 20.7. The zero-order chi connectivity index (χ0) is 22.6. The highest BCUT2D eigenvalue weighted by Gasteiger charge is 2.11. The number of hydrogen-bond donors (Lipinski definition) is 0. The molecular weight excluding hydrogens is 427 g/mol. The van der Waals surface area contributed by atoms with Crippen LogP contribution < -0.4 is 9.47 Å². The van der Waals surface area contributed by atoms with Crippen LogP contribution in [0.4, 0.5) is 0 Å². The lowest BCUT2D eigenvalue weighted by Gasteiger charge is -2.15. The molecule has 2 nitrogen and oxygen atoms in total. The van der Waals surface area contributed by atoms with Crippen molar-refractivity contribution in [2.75, 3.05) is 13.2 Å². The molecule has 0 saturated carbocycles. The molecule has 0 aromatic heterocycles. The topological polar surface area (TPSA) is 18.5 Å². The highest BCUT2D eigenvalue weighted by Crippen LogP contribution is 2.34. The lowest BCUT2D eigenvalue weighted by molar-refractivity contribution is 0.258. The lowest BCUT2D eigenvalue weighted by atomic mass is 10.1. The molecule has 1 rings (SSSR count). The molecule has 0 unspecified atom stereocenters. The highest BCUT2D eigenvalue weighted by molar-refractivity contribution is 6.44. The van der Waals surface area contributed by atoms with E-state index in [1.165, 1.54) is 89.9 Å². The lowest BCUT2D eigenvalue weighted by Crippen LogP contribution is -2.03. The van der Waals surface area contributed by atoms with Crippen LogP contribution in [0.5, 0.6) is 11.5 Å². The van der Waals surface area contributed by atoms with E-state index in [2.05, 4.69) is 13.8 Å². The molecule has 0 aliphatic rings. The van der Waals surface area contributed by atoms with Gasteiger partial charge in [0.25, 0.3) is 0 Å². The molecule has 0 aliphatic heterocycles. The fourth-order valence-electron chi connectivity index (χ4n) is 3.73. The summed E-state index contributed by atoms with van der Waals surface area (Å²) in [5.74, 6) is 1.58. The van der Waals surface area contributed by atoms with E-state index in [0.717, 1.165) is 36.5 Å². The van der Waals surface area contributed by atoms with Crippen molar-refractivity contribution >= 4 is 23.2 Å². The molecule has 1 aromatic carbocycles. The van der Waals surface area contributed by atoms with Gasteiger partial charge in [0.15, 0.2) is 11.5 Å². The SMILES string of the molecule is CCCCCCCCCCOc1ccc(C(Cl)Cl)cc1OCCCCCCCCCC. The van der Waals surface area contributed by atoms with Crippen LogP contribution in [0.15, 0.2) is 18.2 Å². The van der Waals surface area contributed by atoms with Crippen LogP contribution >= 0.6 is 23.2 Å². The fraction of sp³-hybridized carbons (Fsp3) is 0.778. The average Bonchev–Trinajstić information content (AvgIpc) is 2.77. The smallest absolute Gasteiger partial charge is 0.161 e. The van der Waals surface area contributed by atoms with Gasteiger partial charge in [-0.05, 0) is 30.5 Å². The fourth-order valence-corrected chi connectivity index (χ4v) is 4.00. The Morgan fingerprint density at radius 2 is 1.00 bits per heavy atom. The Hall–Kier alpha value is -0.600. The molecule has 0 N–H and O–H groups in total. The minimum absolute atomic E-state index is 0.549. The molecule has 0 fully saturated rings. The van der Waals surface area contributed by atoms with Crippen molar-refractivity contribution in [3.05, 3.63) is 23.8 Å². The van der Waals surface area contributed by atoms with E-state index in [9.17, 15) is 0 Å². The van der Waals surface area contributed by atoms with Gasteiger partial charge in [-0.25, -0.2) is 0 Å². The number of ether oxygens (including phenoxy) is 2. The third kappa shape index (κ3) is 15.0. The number of unbranched alkanes of at least 4 members (excludes halogenated alkanes) is 14. The van der Waals surface area contributed by atoms with Crippen molar-refractivity contribution in [3.63, 3.8) is 0 Å². The zero-order valence-electron chi connectivity index (χ0n) is 20.1. The molecule has 0 spiro atoms. The van der Waals surface area contributed by atoms with Gasteiger partial charge >= 0.3 is 0 Å². The largest absolute Gasteiger partial charge is 0.490 e. The number of alkyl halides is 2. The summed E-state index contributed by atoms with van der Waals surface area (Å²) in [6, 6.07) is 5.80. The van der Waals surface area contributed by atoms with E-state index in [-0.39, 0.29) is 0 Å². The minimum Gasteiger partial charge on any atom is -0.490 e. The van der Waals surface area contributed by atoms with E-state index in [4.69, 9.17) is 32.7 Å². The van der Waals surface area contributed by atoms with Gasteiger partial charge in [-0.1, -0.05) is 110 Å². The molecule has 0 atom stereocenters. The second-order valence-corrected chi connectivity index (χ2v) is 9.75. The van der Waals surface area contributed by atoms with Crippen molar-refractivity contribution in [1.82, 2.24) is 0 Å². The van der Waals surface area contributed by atoms with Gasteiger partial charge in [0.2, 0.25) is 0 Å². The Kier molecular flexibility index (Phi) is 18.4. The summed E-state index contributed by atoms with van der Waals surface area (Å²) in [7, 11) is 0. The molecule has 31 heavy (non-hydrogen) atoms. The summed E-state index contributed by atoms with van der Waals surface area (Å²) in [5.41, 5.74) is 0.855. The van der Waals surface area contributed by atoms with Crippen LogP contribution in [-0.4, -0.2) is 13.2 Å². The third-order valence-electron chi connectivity index (χ3n) is 5.73. The van der Waals surface area contributed by atoms with E-state index in [0.29, 0.717) is 6.61 Å². The predicted molar refractivity (Wildman–Crippen MR) is 137 cm³/mol. The first-order chi connectivity index (χ1) is 15.2. The van der Waals surface area contributed by atoms with E-state index in [1.807, 2.05) is 18.2 Å². The predicted octanol–water partition coefficient (Wildman–Crippen LogP) is 10.2. The van der Waals surface area contributed by atoms with Crippen LogP contribution in [0.3, 0.4) is 0 Å². The van der Waals surface area contributed by atoms with Crippen molar-refractivity contribution in [2.45, 2.75) is 121 Å². The van der Waals surface area contributed by atoms with Gasteiger partial charge in [0, 0.05) is 0 Å². The molecule has 1 aromatic rings. The maximum atomic E-state index is 6.06. The molecule has 180 valence electrons. The van der Waals surface area contributed by atoms with E-state index in [1.54, 1.807) is 0 Å². The Balaban J connectivity index is 2.29. The molecule has 0 saturated heterocycles. The first-order valence-corrected chi connectivity index (χ1v) is 13.7. The summed E-state index contributed by atoms with van der Waals surface area (Å²) in [5, 5.41) is 0. The Bertz CT molecular complexity index is 534. The van der Waals surface area contributed by atoms with Crippen LogP contribution in [0, 0.1) is 0 Å². The number of halogens is 2. The standard InChI is InChI=1S/C27H46Cl2O2/c1-3-5-7-9-11-13-15-17-21-30-25-20-19-24(27(28)29)23-26(25)31-22-18-16-14-12-10-8-6-4-2/h19-20,23,27H,3-18,21-22H2,1-2H3. The van der Waals surface area contributed by atoms with Crippen molar-refractivity contribution in [1.29, 1.82) is 0 Å². The number of benzene rings is 1. The molecule has 0 bridgehead atoms. The van der Waals surface area contributed by atoms with E-state index >= 15 is 0 Å². The maximum absolute atomic E-state index is 6.06.